The second-order valence-electron chi connectivity index (χ2n) is 11.3. The fourth-order valence-electron chi connectivity index (χ4n) is 4.80. The number of alkyl halides is 3. The maximum atomic E-state index is 13.3. The quantitative estimate of drug-likeness (QED) is 0.276. The van der Waals surface area contributed by atoms with Crippen LogP contribution in [0.3, 0.4) is 0 Å². The van der Waals surface area contributed by atoms with Gasteiger partial charge in [0, 0.05) is 37.6 Å². The lowest BCUT2D eigenvalue weighted by Crippen LogP contribution is -2.52. The first-order valence-corrected chi connectivity index (χ1v) is 14.1. The number of hydrogen-bond donors (Lipinski definition) is 3. The van der Waals surface area contributed by atoms with E-state index in [0.29, 0.717) is 24.3 Å². The zero-order chi connectivity index (χ0) is 33.2. The Morgan fingerprint density at radius 1 is 1.11 bits per heavy atom. The van der Waals surface area contributed by atoms with Crippen LogP contribution in [0.2, 0.25) is 0 Å². The summed E-state index contributed by atoms with van der Waals surface area (Å²) in [6.07, 6.45) is 1.67. The van der Waals surface area contributed by atoms with Gasteiger partial charge in [0.15, 0.2) is 0 Å². The van der Waals surface area contributed by atoms with Crippen LogP contribution < -0.4 is 20.9 Å². The monoisotopic (exact) mass is 632 g/mol. The van der Waals surface area contributed by atoms with Crippen molar-refractivity contribution >= 4 is 35.0 Å². The van der Waals surface area contributed by atoms with Crippen molar-refractivity contribution in [3.63, 3.8) is 0 Å². The number of pyridine rings is 1. The number of carbonyl (C=O) groups excluding carboxylic acids is 4. The molecule has 2 saturated heterocycles. The van der Waals surface area contributed by atoms with Gasteiger partial charge in [-0.2, -0.15) is 23.5 Å². The average molecular weight is 633 g/mol. The van der Waals surface area contributed by atoms with E-state index in [-0.39, 0.29) is 35.9 Å². The molecule has 3 N–H and O–H groups in total. The molecule has 236 valence electrons. The van der Waals surface area contributed by atoms with E-state index in [9.17, 15) is 32.3 Å². The molecule has 4 amide bonds. The number of anilines is 2. The van der Waals surface area contributed by atoms with Crippen LogP contribution in [0.4, 0.5) is 24.5 Å². The summed E-state index contributed by atoms with van der Waals surface area (Å²) < 4.78 is 41.4. The summed E-state index contributed by atoms with van der Waals surface area (Å²) in [5.74, 6) is 4.17. The normalized spacial score (nSPS) is 16.8. The van der Waals surface area contributed by atoms with E-state index in [0.717, 1.165) is 12.1 Å². The smallest absolute Gasteiger partial charge is 0.368 e. The van der Waals surface area contributed by atoms with Crippen LogP contribution in [0.15, 0.2) is 49.1 Å². The van der Waals surface area contributed by atoms with Crippen molar-refractivity contribution in [3.05, 3.63) is 71.3 Å². The zero-order valence-electron chi connectivity index (χ0n) is 24.6. The molecular weight excluding hydrogens is 605 g/mol. The van der Waals surface area contributed by atoms with E-state index >= 15 is 0 Å². The zero-order valence-corrected chi connectivity index (χ0v) is 24.6. The molecule has 46 heavy (non-hydrogen) atoms. The minimum absolute atomic E-state index is 0.000163. The van der Waals surface area contributed by atoms with Crippen LogP contribution in [0.5, 0.6) is 0 Å². The van der Waals surface area contributed by atoms with Crippen molar-refractivity contribution in [1.82, 2.24) is 25.4 Å². The van der Waals surface area contributed by atoms with Gasteiger partial charge < -0.3 is 15.5 Å². The number of aromatic nitrogens is 3. The number of halogens is 3. The van der Waals surface area contributed by atoms with Crippen LogP contribution in [0, 0.1) is 29.1 Å². The number of nitrogens with one attached hydrogen (secondary N) is 3. The predicted molar refractivity (Wildman–Crippen MR) is 157 cm³/mol. The van der Waals surface area contributed by atoms with Crippen LogP contribution in [0.25, 0.3) is 0 Å². The van der Waals surface area contributed by atoms with Gasteiger partial charge in [-0.25, -0.2) is 0 Å². The van der Waals surface area contributed by atoms with Gasteiger partial charge in [0.05, 0.1) is 52.3 Å². The Morgan fingerprint density at radius 3 is 2.57 bits per heavy atom. The molecule has 0 bridgehead atoms. The molecule has 4 heterocycles. The van der Waals surface area contributed by atoms with Crippen molar-refractivity contribution in [2.45, 2.75) is 44.4 Å². The highest BCUT2D eigenvalue weighted by atomic mass is 19.4. The molecule has 2 fully saturated rings. The molecule has 1 aromatic carbocycles. The first-order chi connectivity index (χ1) is 21.7. The second kappa shape index (κ2) is 12.4. The summed E-state index contributed by atoms with van der Waals surface area (Å²) in [7, 11) is 0. The van der Waals surface area contributed by atoms with Crippen molar-refractivity contribution in [1.29, 1.82) is 5.26 Å². The lowest BCUT2D eigenvalue weighted by molar-refractivity contribution is -0.138. The fourth-order valence-corrected chi connectivity index (χ4v) is 4.80. The SMILES string of the molecule is CC(C)(C(=O)Nc1ccc(C#N)c(C(F)(F)F)c1)n1cc(C#CC2CN(c3cncc(C(=O)NC4CCC(=O)NC4=O)c3)C2)cn1. The third-order valence-corrected chi connectivity index (χ3v) is 7.61. The highest BCUT2D eigenvalue weighted by molar-refractivity contribution is 6.04. The number of carbonyl (C=O) groups is 4. The Balaban J connectivity index is 1.17. The minimum atomic E-state index is -4.76. The number of imide groups is 1. The van der Waals surface area contributed by atoms with E-state index in [1.165, 1.54) is 29.2 Å². The molecule has 0 saturated carbocycles. The third-order valence-electron chi connectivity index (χ3n) is 7.61. The lowest BCUT2D eigenvalue weighted by atomic mass is 9.99. The summed E-state index contributed by atoms with van der Waals surface area (Å²) in [5.41, 5.74) is -1.57. The van der Waals surface area contributed by atoms with Crippen LogP contribution in [0.1, 0.15) is 53.7 Å². The number of nitrogens with zero attached hydrogens (tertiary/aromatic N) is 5. The molecule has 0 radical (unpaired) electrons. The molecule has 1 atom stereocenters. The standard InChI is InChI=1S/C31H27F3N8O4/c1-30(2,29(46)38-22-6-5-20(11-35)24(10-22)31(32,33)34)42-17-18(12-37-42)3-4-19-15-41(16-19)23-9-21(13-36-14-23)27(44)39-25-7-8-26(43)40-28(25)45/h5-6,9-10,12-14,17,19,25H,7-8,15-16H2,1-2H3,(H,38,46)(H,39,44)(H,40,43,45). The Bertz CT molecular complexity index is 1830. The van der Waals surface area contributed by atoms with E-state index < -0.39 is 46.6 Å². The molecule has 3 aromatic rings. The summed E-state index contributed by atoms with van der Waals surface area (Å²) in [5, 5.41) is 20.5. The van der Waals surface area contributed by atoms with Gasteiger partial charge in [-0.15, -0.1) is 0 Å². The highest BCUT2D eigenvalue weighted by Gasteiger charge is 2.35. The molecule has 12 nitrogen and oxygen atoms in total. The van der Waals surface area contributed by atoms with Gasteiger partial charge in [-0.05, 0) is 44.5 Å². The molecule has 1 unspecified atom stereocenters. The highest BCUT2D eigenvalue weighted by Crippen LogP contribution is 2.34. The predicted octanol–water partition coefficient (Wildman–Crippen LogP) is 2.57. The minimum Gasteiger partial charge on any atom is -0.368 e. The fraction of sp³-hybridized carbons (Fsp3) is 0.323. The molecule has 2 aromatic heterocycles. The van der Waals surface area contributed by atoms with E-state index in [4.69, 9.17) is 5.26 Å². The Hall–Kier alpha value is -5.70. The Morgan fingerprint density at radius 2 is 1.87 bits per heavy atom. The molecule has 0 spiro atoms. The van der Waals surface area contributed by atoms with Gasteiger partial charge in [0.1, 0.15) is 11.6 Å². The molecule has 0 aliphatic carbocycles. The second-order valence-corrected chi connectivity index (χ2v) is 11.3. The average Bonchev–Trinajstić information content (AvgIpc) is 3.47. The molecule has 2 aliphatic heterocycles. The third kappa shape index (κ3) is 6.83. The van der Waals surface area contributed by atoms with E-state index in [1.807, 2.05) is 4.90 Å². The van der Waals surface area contributed by atoms with Crippen LogP contribution in [-0.4, -0.2) is 57.5 Å². The molecule has 2 aliphatic rings. The molecule has 5 rings (SSSR count). The number of piperidine rings is 1. The van der Waals surface area contributed by atoms with Crippen LogP contribution in [-0.2, 0) is 26.1 Å². The molecule has 15 heteroatoms. The maximum Gasteiger partial charge on any atom is 0.417 e. The van der Waals surface area contributed by atoms with Gasteiger partial charge in [-0.3, -0.25) is 34.2 Å². The number of rotatable bonds is 6. The largest absolute Gasteiger partial charge is 0.417 e. The van der Waals surface area contributed by atoms with Gasteiger partial charge in [0.25, 0.3) is 11.8 Å². The summed E-state index contributed by atoms with van der Waals surface area (Å²) in [6, 6.07) is 5.32. The van der Waals surface area contributed by atoms with Crippen molar-refractivity contribution in [2.24, 2.45) is 5.92 Å². The first-order valence-electron chi connectivity index (χ1n) is 14.1. The van der Waals surface area contributed by atoms with Gasteiger partial charge in [-0.1, -0.05) is 11.8 Å². The maximum absolute atomic E-state index is 13.3. The number of hydrogen-bond acceptors (Lipinski definition) is 8. The Labute approximate surface area is 261 Å². The van der Waals surface area contributed by atoms with E-state index in [2.05, 4.69) is 37.9 Å². The van der Waals surface area contributed by atoms with Gasteiger partial charge >= 0.3 is 6.18 Å². The number of nitriles is 1. The van der Waals surface area contributed by atoms with E-state index in [1.54, 1.807) is 32.3 Å². The number of benzene rings is 1. The summed E-state index contributed by atoms with van der Waals surface area (Å²) in [4.78, 5) is 55.1. The first kappa shape index (κ1) is 31.7. The van der Waals surface area contributed by atoms with Gasteiger partial charge in [0.2, 0.25) is 11.8 Å². The summed E-state index contributed by atoms with van der Waals surface area (Å²) in [6.45, 7) is 4.24. The Kier molecular flexibility index (Phi) is 8.52. The lowest BCUT2D eigenvalue weighted by Gasteiger charge is -2.38. The van der Waals surface area contributed by atoms with Crippen molar-refractivity contribution in [2.75, 3.05) is 23.3 Å². The summed E-state index contributed by atoms with van der Waals surface area (Å²) >= 11 is 0. The van der Waals surface area contributed by atoms with Crippen molar-refractivity contribution in [3.8, 4) is 17.9 Å². The molecular formula is C31H27F3N8O4. The van der Waals surface area contributed by atoms with Crippen LogP contribution >= 0.6 is 0 Å². The topological polar surface area (TPSA) is 162 Å². The number of amides is 4. The van der Waals surface area contributed by atoms with Crippen molar-refractivity contribution < 1.29 is 32.3 Å².